The maximum Gasteiger partial charge on any atom is 0.165 e. The summed E-state index contributed by atoms with van der Waals surface area (Å²) in [4.78, 5) is 0. The molecule has 0 spiro atoms. The minimum atomic E-state index is -0.319. The van der Waals surface area contributed by atoms with Crippen LogP contribution < -0.4 is 10.1 Å². The number of ether oxygens (including phenoxy) is 1. The van der Waals surface area contributed by atoms with Crippen molar-refractivity contribution in [2.45, 2.75) is 26.3 Å². The highest BCUT2D eigenvalue weighted by Gasteiger charge is 2.03. The van der Waals surface area contributed by atoms with Crippen LogP contribution in [0, 0.1) is 12.7 Å². The Labute approximate surface area is 118 Å². The normalized spacial score (nSPS) is 10.8. The fourth-order valence-electron chi connectivity index (χ4n) is 2.08. The summed E-state index contributed by atoms with van der Waals surface area (Å²) in [5, 5.41) is 10.2. The number of aromatic amines is 1. The van der Waals surface area contributed by atoms with Crippen LogP contribution in [-0.4, -0.2) is 23.9 Å². The summed E-state index contributed by atoms with van der Waals surface area (Å²) in [5.74, 6) is -0.0370. The minimum absolute atomic E-state index is 0.282. The smallest absolute Gasteiger partial charge is 0.165 e. The molecule has 2 N–H and O–H groups in total. The summed E-state index contributed by atoms with van der Waals surface area (Å²) in [6.07, 6.45) is 3.89. The Bertz CT molecular complexity index is 554. The Morgan fingerprint density at radius 3 is 2.90 bits per heavy atom. The molecule has 4 nitrogen and oxygen atoms in total. The largest absolute Gasteiger partial charge is 0.494 e. The number of hydrogen-bond acceptors (Lipinski definition) is 3. The molecule has 20 heavy (non-hydrogen) atoms. The first-order valence-corrected chi connectivity index (χ1v) is 6.72. The highest BCUT2D eigenvalue weighted by molar-refractivity contribution is 5.29. The van der Waals surface area contributed by atoms with Crippen LogP contribution >= 0.6 is 0 Å². The number of nitrogens with zero attached hydrogens (tertiary/aromatic N) is 1. The van der Waals surface area contributed by atoms with Crippen LogP contribution in [0.3, 0.4) is 0 Å². The van der Waals surface area contributed by atoms with Gasteiger partial charge in [-0.25, -0.2) is 4.39 Å². The van der Waals surface area contributed by atoms with Gasteiger partial charge in [-0.3, -0.25) is 5.10 Å². The maximum absolute atomic E-state index is 13.5. The fraction of sp³-hybridized carbons (Fsp3) is 0.400. The number of rotatable bonds is 7. The monoisotopic (exact) mass is 277 g/mol. The number of H-pyrrole nitrogens is 1. The van der Waals surface area contributed by atoms with Crippen LogP contribution in [0.25, 0.3) is 0 Å². The second-order valence-corrected chi connectivity index (χ2v) is 4.77. The van der Waals surface area contributed by atoms with Crippen molar-refractivity contribution < 1.29 is 9.13 Å². The first-order valence-electron chi connectivity index (χ1n) is 6.72. The van der Waals surface area contributed by atoms with Crippen LogP contribution in [0.4, 0.5) is 4.39 Å². The van der Waals surface area contributed by atoms with Crippen molar-refractivity contribution in [1.82, 2.24) is 15.5 Å². The standard InChI is InChI=1S/C15H20FN3O/c1-11-13(10-18-19-11)4-3-7-17-9-12-5-6-15(20-2)14(16)8-12/h5-6,8,10,17H,3-4,7,9H2,1-2H3,(H,18,19). The SMILES string of the molecule is COc1ccc(CNCCCc2cn[nH]c2C)cc1F. The van der Waals surface area contributed by atoms with E-state index in [0.29, 0.717) is 6.54 Å². The van der Waals surface area contributed by atoms with Gasteiger partial charge < -0.3 is 10.1 Å². The average molecular weight is 277 g/mol. The van der Waals surface area contributed by atoms with Gasteiger partial charge in [0, 0.05) is 12.2 Å². The number of halogens is 1. The fourth-order valence-corrected chi connectivity index (χ4v) is 2.08. The lowest BCUT2D eigenvalue weighted by atomic mass is 10.1. The second-order valence-electron chi connectivity index (χ2n) is 4.77. The Kier molecular flexibility index (Phi) is 5.12. The van der Waals surface area contributed by atoms with E-state index in [4.69, 9.17) is 4.74 Å². The summed E-state index contributed by atoms with van der Waals surface area (Å²) in [7, 11) is 1.47. The van der Waals surface area contributed by atoms with E-state index >= 15 is 0 Å². The number of methoxy groups -OCH3 is 1. The number of benzene rings is 1. The molecule has 108 valence electrons. The zero-order chi connectivity index (χ0) is 14.4. The van der Waals surface area contributed by atoms with Gasteiger partial charge in [-0.05, 0) is 49.6 Å². The molecular formula is C15H20FN3O. The van der Waals surface area contributed by atoms with Crippen LogP contribution in [0.1, 0.15) is 23.2 Å². The molecule has 0 saturated carbocycles. The predicted molar refractivity (Wildman–Crippen MR) is 76.3 cm³/mol. The van der Waals surface area contributed by atoms with Crippen molar-refractivity contribution in [1.29, 1.82) is 0 Å². The van der Waals surface area contributed by atoms with Crippen molar-refractivity contribution in [3.05, 3.63) is 47.0 Å². The highest BCUT2D eigenvalue weighted by atomic mass is 19.1. The average Bonchev–Trinajstić information content (AvgIpc) is 2.84. The highest BCUT2D eigenvalue weighted by Crippen LogP contribution is 2.17. The van der Waals surface area contributed by atoms with Gasteiger partial charge in [0.05, 0.1) is 13.3 Å². The summed E-state index contributed by atoms with van der Waals surface area (Å²) >= 11 is 0. The molecule has 0 unspecified atom stereocenters. The number of aromatic nitrogens is 2. The molecule has 0 fully saturated rings. The molecule has 0 aliphatic heterocycles. The van der Waals surface area contributed by atoms with Crippen molar-refractivity contribution in [2.24, 2.45) is 0 Å². The van der Waals surface area contributed by atoms with Gasteiger partial charge in [0.25, 0.3) is 0 Å². The van der Waals surface area contributed by atoms with E-state index in [1.54, 1.807) is 6.07 Å². The zero-order valence-electron chi connectivity index (χ0n) is 11.9. The van der Waals surface area contributed by atoms with Crippen LogP contribution in [0.15, 0.2) is 24.4 Å². The summed E-state index contributed by atoms with van der Waals surface area (Å²) in [6.45, 7) is 3.57. The Hall–Kier alpha value is -1.88. The van der Waals surface area contributed by atoms with Gasteiger partial charge in [-0.2, -0.15) is 5.10 Å². The molecule has 0 aliphatic rings. The van der Waals surface area contributed by atoms with Crippen molar-refractivity contribution in [3.8, 4) is 5.75 Å². The lowest BCUT2D eigenvalue weighted by Gasteiger charge is -2.07. The van der Waals surface area contributed by atoms with Crippen molar-refractivity contribution in [2.75, 3.05) is 13.7 Å². The molecule has 2 aromatic rings. The molecule has 0 aliphatic carbocycles. The Balaban J connectivity index is 1.71. The summed E-state index contributed by atoms with van der Waals surface area (Å²) in [6, 6.07) is 5.03. The van der Waals surface area contributed by atoms with Crippen LogP contribution in [0.5, 0.6) is 5.75 Å². The molecule has 0 atom stereocenters. The Morgan fingerprint density at radius 2 is 2.25 bits per heavy atom. The van der Waals surface area contributed by atoms with Gasteiger partial charge in [-0.1, -0.05) is 6.07 Å². The van der Waals surface area contributed by atoms with E-state index in [0.717, 1.165) is 30.6 Å². The maximum atomic E-state index is 13.5. The molecule has 0 amide bonds. The topological polar surface area (TPSA) is 49.9 Å². The molecule has 0 bridgehead atoms. The predicted octanol–water partition coefficient (Wildman–Crippen LogP) is 2.59. The number of nitrogens with one attached hydrogen (secondary N) is 2. The third-order valence-corrected chi connectivity index (χ3v) is 3.28. The van der Waals surface area contributed by atoms with Crippen LogP contribution in [-0.2, 0) is 13.0 Å². The molecule has 1 aromatic heterocycles. The van der Waals surface area contributed by atoms with Gasteiger partial charge >= 0.3 is 0 Å². The molecule has 1 aromatic carbocycles. The van der Waals surface area contributed by atoms with Gasteiger partial charge in [-0.15, -0.1) is 0 Å². The molecule has 1 heterocycles. The van der Waals surface area contributed by atoms with E-state index in [-0.39, 0.29) is 11.6 Å². The lowest BCUT2D eigenvalue weighted by Crippen LogP contribution is -2.15. The summed E-state index contributed by atoms with van der Waals surface area (Å²) in [5.41, 5.74) is 3.30. The van der Waals surface area contributed by atoms with Gasteiger partial charge in [0.1, 0.15) is 0 Å². The quantitative estimate of drug-likeness (QED) is 0.765. The van der Waals surface area contributed by atoms with Crippen molar-refractivity contribution in [3.63, 3.8) is 0 Å². The third-order valence-electron chi connectivity index (χ3n) is 3.28. The molecular weight excluding hydrogens is 257 g/mol. The molecule has 5 heteroatoms. The Morgan fingerprint density at radius 1 is 1.40 bits per heavy atom. The third kappa shape index (κ3) is 3.81. The number of hydrogen-bond donors (Lipinski definition) is 2. The lowest BCUT2D eigenvalue weighted by molar-refractivity contribution is 0.386. The van der Waals surface area contributed by atoms with Crippen molar-refractivity contribution >= 4 is 0 Å². The van der Waals surface area contributed by atoms with E-state index in [1.165, 1.54) is 18.7 Å². The van der Waals surface area contributed by atoms with E-state index in [2.05, 4.69) is 15.5 Å². The second kappa shape index (κ2) is 7.05. The number of aryl methyl sites for hydroxylation is 2. The van der Waals surface area contributed by atoms with Crippen LogP contribution in [0.2, 0.25) is 0 Å². The molecule has 0 saturated heterocycles. The zero-order valence-corrected chi connectivity index (χ0v) is 11.9. The van der Waals surface area contributed by atoms with Gasteiger partial charge in [0.2, 0.25) is 0 Å². The molecule has 0 radical (unpaired) electrons. The van der Waals surface area contributed by atoms with E-state index in [9.17, 15) is 4.39 Å². The van der Waals surface area contributed by atoms with E-state index in [1.807, 2.05) is 19.2 Å². The first-order chi connectivity index (χ1) is 9.70. The minimum Gasteiger partial charge on any atom is -0.494 e. The van der Waals surface area contributed by atoms with E-state index < -0.39 is 0 Å². The van der Waals surface area contributed by atoms with Gasteiger partial charge in [0.15, 0.2) is 11.6 Å². The molecule has 2 rings (SSSR count). The summed E-state index contributed by atoms with van der Waals surface area (Å²) < 4.78 is 18.4. The first kappa shape index (κ1) is 14.5.